The molecule has 0 aliphatic heterocycles. The summed E-state index contributed by atoms with van der Waals surface area (Å²) in [5.41, 5.74) is 1.24. The number of nitrogens with zero attached hydrogens (tertiary/aromatic N) is 3. The molecular weight excluding hydrogens is 198 g/mol. The maximum Gasteiger partial charge on any atom is 0.255 e. The van der Waals surface area contributed by atoms with Gasteiger partial charge in [-0.1, -0.05) is 5.16 Å². The monoisotopic (exact) mass is 207 g/mol. The molecule has 0 spiro atoms. The van der Waals surface area contributed by atoms with E-state index in [0.717, 1.165) is 5.69 Å². The lowest BCUT2D eigenvalue weighted by Gasteiger charge is -1.99. The van der Waals surface area contributed by atoms with Gasteiger partial charge in [0, 0.05) is 5.69 Å². The zero-order valence-corrected chi connectivity index (χ0v) is 8.02. The van der Waals surface area contributed by atoms with Crippen LogP contribution in [0.4, 0.5) is 0 Å². The number of hydrogen-bond donors (Lipinski definition) is 2. The fourth-order valence-corrected chi connectivity index (χ4v) is 1.10. The average Bonchev–Trinajstić information content (AvgIpc) is 2.84. The van der Waals surface area contributed by atoms with E-state index in [4.69, 9.17) is 0 Å². The van der Waals surface area contributed by atoms with Crippen molar-refractivity contribution in [1.82, 2.24) is 25.7 Å². The van der Waals surface area contributed by atoms with E-state index in [2.05, 4.69) is 30.2 Å². The van der Waals surface area contributed by atoms with E-state index >= 15 is 0 Å². The van der Waals surface area contributed by atoms with Crippen LogP contribution in [0.1, 0.15) is 21.9 Å². The van der Waals surface area contributed by atoms with Gasteiger partial charge in [-0.25, -0.2) is 0 Å². The lowest BCUT2D eigenvalue weighted by Crippen LogP contribution is -2.23. The molecule has 0 aliphatic carbocycles. The molecule has 0 aromatic carbocycles. The quantitative estimate of drug-likeness (QED) is 0.740. The maximum atomic E-state index is 11.6. The molecule has 7 heteroatoms. The second kappa shape index (κ2) is 3.91. The first-order valence-corrected chi connectivity index (χ1v) is 4.31. The summed E-state index contributed by atoms with van der Waals surface area (Å²) in [4.78, 5) is 15.3. The normalized spacial score (nSPS) is 10.2. The van der Waals surface area contributed by atoms with Gasteiger partial charge in [-0.15, -0.1) is 0 Å². The average molecular weight is 207 g/mol. The van der Waals surface area contributed by atoms with E-state index < -0.39 is 0 Å². The molecular formula is C8H9N5O2. The summed E-state index contributed by atoms with van der Waals surface area (Å²) in [7, 11) is 0. The summed E-state index contributed by atoms with van der Waals surface area (Å²) in [5, 5.41) is 12.6. The van der Waals surface area contributed by atoms with Crippen LogP contribution in [0, 0.1) is 6.92 Å². The summed E-state index contributed by atoms with van der Waals surface area (Å²) in [6.45, 7) is 2.01. The van der Waals surface area contributed by atoms with Gasteiger partial charge in [-0.3, -0.25) is 9.89 Å². The molecule has 2 heterocycles. The standard InChI is InChI=1S/C8H9N5O2/c1-5-6(2-11-12-5)8(14)9-3-7-10-4-15-13-7/h2,4H,3H2,1H3,(H,9,14)(H,11,12). The van der Waals surface area contributed by atoms with Crippen molar-refractivity contribution in [1.29, 1.82) is 0 Å². The zero-order chi connectivity index (χ0) is 10.7. The lowest BCUT2D eigenvalue weighted by atomic mass is 10.2. The van der Waals surface area contributed by atoms with Crippen LogP contribution in [-0.2, 0) is 6.54 Å². The molecule has 78 valence electrons. The van der Waals surface area contributed by atoms with Gasteiger partial charge < -0.3 is 9.84 Å². The summed E-state index contributed by atoms with van der Waals surface area (Å²) in [6.07, 6.45) is 2.69. The molecule has 2 aromatic rings. The highest BCUT2D eigenvalue weighted by Crippen LogP contribution is 2.02. The molecule has 0 saturated carbocycles. The fourth-order valence-electron chi connectivity index (χ4n) is 1.10. The van der Waals surface area contributed by atoms with Crippen molar-refractivity contribution in [3.63, 3.8) is 0 Å². The summed E-state index contributed by atoms with van der Waals surface area (Å²) in [6, 6.07) is 0. The fraction of sp³-hybridized carbons (Fsp3) is 0.250. The third kappa shape index (κ3) is 2.01. The topological polar surface area (TPSA) is 96.7 Å². The molecule has 0 fully saturated rings. The van der Waals surface area contributed by atoms with Crippen molar-refractivity contribution < 1.29 is 9.32 Å². The number of aromatic nitrogens is 4. The van der Waals surface area contributed by atoms with Crippen LogP contribution in [0.5, 0.6) is 0 Å². The van der Waals surface area contributed by atoms with Gasteiger partial charge in [0.15, 0.2) is 5.82 Å². The lowest BCUT2D eigenvalue weighted by molar-refractivity contribution is 0.0949. The Balaban J connectivity index is 1.96. The largest absolute Gasteiger partial charge is 0.344 e. The number of amides is 1. The molecule has 1 amide bonds. The number of aromatic amines is 1. The minimum atomic E-state index is -0.217. The van der Waals surface area contributed by atoms with Gasteiger partial charge >= 0.3 is 0 Å². The number of carbonyl (C=O) groups excluding carboxylic acids is 1. The minimum absolute atomic E-state index is 0.217. The predicted octanol–water partition coefficient (Wildman–Crippen LogP) is 0.0311. The molecule has 2 rings (SSSR count). The van der Waals surface area contributed by atoms with Gasteiger partial charge in [0.1, 0.15) is 0 Å². The third-order valence-corrected chi connectivity index (χ3v) is 1.89. The molecule has 0 bridgehead atoms. The molecule has 2 aromatic heterocycles. The third-order valence-electron chi connectivity index (χ3n) is 1.89. The Morgan fingerprint density at radius 1 is 1.67 bits per heavy atom. The van der Waals surface area contributed by atoms with Crippen molar-refractivity contribution in [2.75, 3.05) is 0 Å². The summed E-state index contributed by atoms with van der Waals surface area (Å²) in [5.74, 6) is 0.218. The van der Waals surface area contributed by atoms with Crippen molar-refractivity contribution in [3.05, 3.63) is 29.7 Å². The van der Waals surface area contributed by atoms with Gasteiger partial charge in [0.25, 0.3) is 5.91 Å². The van der Waals surface area contributed by atoms with Crippen molar-refractivity contribution >= 4 is 5.91 Å². The van der Waals surface area contributed by atoms with E-state index in [-0.39, 0.29) is 12.5 Å². The first kappa shape index (κ1) is 9.38. The van der Waals surface area contributed by atoms with Crippen LogP contribution in [0.2, 0.25) is 0 Å². The summed E-state index contributed by atoms with van der Waals surface area (Å²) < 4.78 is 4.53. The second-order valence-corrected chi connectivity index (χ2v) is 2.94. The highest BCUT2D eigenvalue weighted by Gasteiger charge is 2.10. The van der Waals surface area contributed by atoms with Crippen LogP contribution in [-0.4, -0.2) is 26.2 Å². The van der Waals surface area contributed by atoms with Gasteiger partial charge in [-0.05, 0) is 6.92 Å². The molecule has 0 aliphatic rings. The van der Waals surface area contributed by atoms with E-state index in [1.54, 1.807) is 6.92 Å². The van der Waals surface area contributed by atoms with E-state index in [1.807, 2.05) is 0 Å². The number of nitrogens with one attached hydrogen (secondary N) is 2. The van der Waals surface area contributed by atoms with Crippen LogP contribution >= 0.6 is 0 Å². The number of rotatable bonds is 3. The van der Waals surface area contributed by atoms with Crippen LogP contribution in [0.3, 0.4) is 0 Å². The van der Waals surface area contributed by atoms with Crippen LogP contribution < -0.4 is 5.32 Å². The van der Waals surface area contributed by atoms with Gasteiger partial charge in [0.2, 0.25) is 6.39 Å². The molecule has 0 saturated heterocycles. The minimum Gasteiger partial charge on any atom is -0.344 e. The number of hydrogen-bond acceptors (Lipinski definition) is 5. The van der Waals surface area contributed by atoms with Crippen molar-refractivity contribution in [2.45, 2.75) is 13.5 Å². The first-order chi connectivity index (χ1) is 7.27. The number of carbonyl (C=O) groups is 1. The molecule has 0 radical (unpaired) electrons. The predicted molar refractivity (Wildman–Crippen MR) is 48.8 cm³/mol. The molecule has 2 N–H and O–H groups in total. The molecule has 15 heavy (non-hydrogen) atoms. The maximum absolute atomic E-state index is 11.6. The van der Waals surface area contributed by atoms with Crippen molar-refractivity contribution in [3.8, 4) is 0 Å². The zero-order valence-electron chi connectivity index (χ0n) is 8.02. The molecule has 0 unspecified atom stereocenters. The smallest absolute Gasteiger partial charge is 0.255 e. The summed E-state index contributed by atoms with van der Waals surface area (Å²) >= 11 is 0. The van der Waals surface area contributed by atoms with Gasteiger partial charge in [-0.2, -0.15) is 10.1 Å². The van der Waals surface area contributed by atoms with Crippen LogP contribution in [0.15, 0.2) is 17.1 Å². The molecule has 0 atom stereocenters. The molecule has 7 nitrogen and oxygen atoms in total. The Hall–Kier alpha value is -2.18. The highest BCUT2D eigenvalue weighted by molar-refractivity contribution is 5.94. The van der Waals surface area contributed by atoms with Crippen molar-refractivity contribution in [2.24, 2.45) is 0 Å². The highest BCUT2D eigenvalue weighted by atomic mass is 16.5. The van der Waals surface area contributed by atoms with E-state index in [9.17, 15) is 4.79 Å². The Morgan fingerprint density at radius 3 is 3.13 bits per heavy atom. The SMILES string of the molecule is Cc1[nH]ncc1C(=O)NCc1ncon1. The van der Waals surface area contributed by atoms with Crippen LogP contribution in [0.25, 0.3) is 0 Å². The Morgan fingerprint density at radius 2 is 2.53 bits per heavy atom. The Labute approximate surface area is 84.9 Å². The number of H-pyrrole nitrogens is 1. The van der Waals surface area contributed by atoms with Gasteiger partial charge in [0.05, 0.1) is 18.3 Å². The second-order valence-electron chi connectivity index (χ2n) is 2.94. The number of aryl methyl sites for hydroxylation is 1. The van der Waals surface area contributed by atoms with E-state index in [0.29, 0.717) is 11.4 Å². The Bertz CT molecular complexity index is 447. The van der Waals surface area contributed by atoms with E-state index in [1.165, 1.54) is 12.6 Å². The first-order valence-electron chi connectivity index (χ1n) is 4.31. The Kier molecular flexibility index (Phi) is 2.44.